The second-order valence-electron chi connectivity index (χ2n) is 8.31. The molecule has 1 atom stereocenters. The molecule has 0 aromatic heterocycles. The summed E-state index contributed by atoms with van der Waals surface area (Å²) in [5, 5.41) is 0. The highest BCUT2D eigenvalue weighted by atomic mass is 16.5. The second-order valence-corrected chi connectivity index (χ2v) is 8.31. The number of ether oxygens (including phenoxy) is 1. The van der Waals surface area contributed by atoms with Crippen molar-refractivity contribution in [3.8, 4) is 0 Å². The van der Waals surface area contributed by atoms with Crippen molar-refractivity contribution in [2.24, 2.45) is 0 Å². The average Bonchev–Trinajstić information content (AvgIpc) is 2.58. The molecule has 0 amide bonds. The minimum Gasteiger partial charge on any atom is -0.369 e. The van der Waals surface area contributed by atoms with Gasteiger partial charge in [0, 0.05) is 18.7 Å². The molecule has 2 heteroatoms. The molecule has 0 aliphatic carbocycles. The molecule has 1 unspecified atom stereocenters. The van der Waals surface area contributed by atoms with Crippen LogP contribution in [0.1, 0.15) is 84.6 Å². The molecular formula is C23H41NO. The summed E-state index contributed by atoms with van der Waals surface area (Å²) in [6, 6.07) is 11.5. The summed E-state index contributed by atoms with van der Waals surface area (Å²) in [7, 11) is 1.81. The molecule has 0 fully saturated rings. The van der Waals surface area contributed by atoms with Crippen molar-refractivity contribution >= 4 is 0 Å². The lowest BCUT2D eigenvalue weighted by Gasteiger charge is -2.41. The topological polar surface area (TPSA) is 12.5 Å². The van der Waals surface area contributed by atoms with Gasteiger partial charge in [-0.1, -0.05) is 82.2 Å². The van der Waals surface area contributed by atoms with Crippen molar-refractivity contribution in [2.75, 3.05) is 13.8 Å². The Kier molecular flexibility index (Phi) is 11.1. The number of methoxy groups -OCH3 is 1. The van der Waals surface area contributed by atoms with Gasteiger partial charge in [0.2, 0.25) is 0 Å². The van der Waals surface area contributed by atoms with E-state index >= 15 is 0 Å². The van der Waals surface area contributed by atoms with Crippen LogP contribution in [-0.4, -0.2) is 30.3 Å². The van der Waals surface area contributed by atoms with Gasteiger partial charge in [0.25, 0.3) is 0 Å². The molecule has 0 heterocycles. The quantitative estimate of drug-likeness (QED) is 0.300. The Morgan fingerprint density at radius 2 is 1.52 bits per heavy atom. The van der Waals surface area contributed by atoms with Crippen molar-refractivity contribution in [1.82, 2.24) is 4.90 Å². The van der Waals surface area contributed by atoms with E-state index in [1.165, 1.54) is 56.9 Å². The van der Waals surface area contributed by atoms with Crippen LogP contribution in [0.25, 0.3) is 0 Å². The third kappa shape index (κ3) is 9.42. The number of unbranched alkanes of at least 4 members (excludes halogenated alkanes) is 6. The Bertz CT molecular complexity index is 423. The van der Waals surface area contributed by atoms with E-state index in [1.807, 2.05) is 7.11 Å². The zero-order chi connectivity index (χ0) is 18.5. The standard InChI is InChI=1S/C23H41NO/c1-6-7-8-9-10-11-15-18-22(19-21-16-13-12-14-17-21)24(20-25-5)23(2,3)4/h12-14,16-17,22H,6-11,15,18-20H2,1-5H3. The molecule has 2 nitrogen and oxygen atoms in total. The molecule has 1 rings (SSSR count). The molecule has 1 aromatic rings. The van der Waals surface area contributed by atoms with Crippen LogP contribution in [0.4, 0.5) is 0 Å². The van der Waals surface area contributed by atoms with Crippen LogP contribution < -0.4 is 0 Å². The van der Waals surface area contributed by atoms with Gasteiger partial charge < -0.3 is 4.74 Å². The molecule has 0 spiro atoms. The largest absolute Gasteiger partial charge is 0.369 e. The van der Waals surface area contributed by atoms with E-state index in [9.17, 15) is 0 Å². The van der Waals surface area contributed by atoms with Crippen LogP contribution in [0.2, 0.25) is 0 Å². The summed E-state index contributed by atoms with van der Waals surface area (Å²) in [4.78, 5) is 2.54. The Labute approximate surface area is 157 Å². The highest BCUT2D eigenvalue weighted by Crippen LogP contribution is 2.24. The Hall–Kier alpha value is -0.860. The third-order valence-electron chi connectivity index (χ3n) is 5.03. The number of rotatable bonds is 13. The van der Waals surface area contributed by atoms with Gasteiger partial charge in [-0.25, -0.2) is 0 Å². The normalized spacial score (nSPS) is 13.4. The summed E-state index contributed by atoms with van der Waals surface area (Å²) >= 11 is 0. The van der Waals surface area contributed by atoms with Gasteiger partial charge >= 0.3 is 0 Å². The highest BCUT2D eigenvalue weighted by molar-refractivity contribution is 5.16. The Balaban J connectivity index is 2.61. The van der Waals surface area contributed by atoms with E-state index < -0.39 is 0 Å². The molecular weight excluding hydrogens is 306 g/mol. The smallest absolute Gasteiger partial charge is 0.0993 e. The van der Waals surface area contributed by atoms with Crippen LogP contribution in [-0.2, 0) is 11.2 Å². The first-order valence-corrected chi connectivity index (χ1v) is 10.3. The monoisotopic (exact) mass is 347 g/mol. The fraction of sp³-hybridized carbons (Fsp3) is 0.739. The van der Waals surface area contributed by atoms with Crippen LogP contribution in [0.5, 0.6) is 0 Å². The minimum atomic E-state index is 0.122. The van der Waals surface area contributed by atoms with E-state index in [-0.39, 0.29) is 5.54 Å². The van der Waals surface area contributed by atoms with Crippen LogP contribution in [0, 0.1) is 0 Å². The van der Waals surface area contributed by atoms with Gasteiger partial charge in [0.1, 0.15) is 0 Å². The molecule has 25 heavy (non-hydrogen) atoms. The molecule has 1 aromatic carbocycles. The maximum Gasteiger partial charge on any atom is 0.0993 e. The van der Waals surface area contributed by atoms with E-state index in [2.05, 4.69) is 62.9 Å². The summed E-state index contributed by atoms with van der Waals surface area (Å²) < 4.78 is 5.55. The lowest BCUT2D eigenvalue weighted by molar-refractivity contribution is -0.0289. The third-order valence-corrected chi connectivity index (χ3v) is 5.03. The van der Waals surface area contributed by atoms with Crippen LogP contribution in [0.3, 0.4) is 0 Å². The zero-order valence-electron chi connectivity index (χ0n) is 17.4. The number of nitrogens with zero attached hydrogens (tertiary/aromatic N) is 1. The van der Waals surface area contributed by atoms with Crippen molar-refractivity contribution in [2.45, 2.75) is 97.1 Å². The summed E-state index contributed by atoms with van der Waals surface area (Å²) in [5.41, 5.74) is 1.55. The van der Waals surface area contributed by atoms with Gasteiger partial charge in [-0.05, 0) is 39.2 Å². The fourth-order valence-corrected chi connectivity index (χ4v) is 3.58. The van der Waals surface area contributed by atoms with Crippen molar-refractivity contribution in [3.63, 3.8) is 0 Å². The van der Waals surface area contributed by atoms with Gasteiger partial charge in [0.05, 0.1) is 6.73 Å². The first kappa shape index (κ1) is 22.2. The average molecular weight is 348 g/mol. The van der Waals surface area contributed by atoms with E-state index in [0.717, 1.165) is 6.42 Å². The van der Waals surface area contributed by atoms with E-state index in [0.29, 0.717) is 12.8 Å². The summed E-state index contributed by atoms with van der Waals surface area (Å²) in [5.74, 6) is 0. The second kappa shape index (κ2) is 12.5. The molecule has 0 bridgehead atoms. The fourth-order valence-electron chi connectivity index (χ4n) is 3.58. The van der Waals surface area contributed by atoms with Crippen molar-refractivity contribution < 1.29 is 4.74 Å². The first-order chi connectivity index (χ1) is 12.0. The predicted molar refractivity (Wildman–Crippen MR) is 110 cm³/mol. The Morgan fingerprint density at radius 3 is 2.08 bits per heavy atom. The summed E-state index contributed by atoms with van der Waals surface area (Å²) in [6.07, 6.45) is 12.0. The van der Waals surface area contributed by atoms with Gasteiger partial charge in [-0.2, -0.15) is 0 Å². The highest BCUT2D eigenvalue weighted by Gasteiger charge is 2.28. The van der Waals surface area contributed by atoms with Crippen molar-refractivity contribution in [3.05, 3.63) is 35.9 Å². The summed E-state index contributed by atoms with van der Waals surface area (Å²) in [6.45, 7) is 9.89. The number of hydrogen-bond acceptors (Lipinski definition) is 2. The predicted octanol–water partition coefficient (Wildman–Crippen LogP) is 6.44. The van der Waals surface area contributed by atoms with Gasteiger partial charge in [-0.3, -0.25) is 4.90 Å². The number of benzene rings is 1. The minimum absolute atomic E-state index is 0.122. The molecule has 0 aliphatic heterocycles. The SMILES string of the molecule is CCCCCCCCCC(Cc1ccccc1)N(COC)C(C)(C)C. The molecule has 144 valence electrons. The lowest BCUT2D eigenvalue weighted by Crippen LogP contribution is -2.50. The zero-order valence-corrected chi connectivity index (χ0v) is 17.4. The molecule has 0 saturated heterocycles. The maximum atomic E-state index is 5.55. The molecule has 0 radical (unpaired) electrons. The van der Waals surface area contributed by atoms with Gasteiger partial charge in [0.15, 0.2) is 0 Å². The van der Waals surface area contributed by atoms with Crippen LogP contribution in [0.15, 0.2) is 30.3 Å². The van der Waals surface area contributed by atoms with E-state index in [4.69, 9.17) is 4.74 Å². The molecule has 0 aliphatic rings. The van der Waals surface area contributed by atoms with Gasteiger partial charge in [-0.15, -0.1) is 0 Å². The van der Waals surface area contributed by atoms with Crippen LogP contribution >= 0.6 is 0 Å². The van der Waals surface area contributed by atoms with E-state index in [1.54, 1.807) is 0 Å². The maximum absolute atomic E-state index is 5.55. The van der Waals surface area contributed by atoms with Crippen molar-refractivity contribution in [1.29, 1.82) is 0 Å². The first-order valence-electron chi connectivity index (χ1n) is 10.3. The molecule has 0 N–H and O–H groups in total. The Morgan fingerprint density at radius 1 is 0.920 bits per heavy atom. The lowest BCUT2D eigenvalue weighted by atomic mass is 9.94. The molecule has 0 saturated carbocycles. The number of hydrogen-bond donors (Lipinski definition) is 0.